The number of hydrogen-bond donors (Lipinski definition) is 1. The molecule has 0 fully saturated rings. The maximum Gasteiger partial charge on any atom is 0.262 e. The van der Waals surface area contributed by atoms with Gasteiger partial charge < -0.3 is 14.8 Å². The lowest BCUT2D eigenvalue weighted by molar-refractivity contribution is -0.118. The van der Waals surface area contributed by atoms with Crippen molar-refractivity contribution in [3.05, 3.63) is 82.9 Å². The van der Waals surface area contributed by atoms with Gasteiger partial charge in [-0.1, -0.05) is 35.9 Å². The van der Waals surface area contributed by atoms with Crippen molar-refractivity contribution in [2.75, 3.05) is 25.6 Å². The Morgan fingerprint density at radius 3 is 2.48 bits per heavy atom. The molecule has 0 radical (unpaired) electrons. The number of anilines is 1. The maximum absolute atomic E-state index is 13.1. The van der Waals surface area contributed by atoms with Crippen molar-refractivity contribution in [3.63, 3.8) is 0 Å². The summed E-state index contributed by atoms with van der Waals surface area (Å²) in [5.41, 5.74) is 2.76. The molecular weight excluding hydrogens is 464 g/mol. The summed E-state index contributed by atoms with van der Waals surface area (Å²) < 4.78 is 38.3. The van der Waals surface area contributed by atoms with E-state index in [2.05, 4.69) is 5.32 Å². The molecule has 172 valence electrons. The molecule has 3 aromatic rings. The number of ether oxygens (including phenoxy) is 2. The number of benzene rings is 3. The number of carbonyl (C=O) groups excluding carboxylic acids is 1. The van der Waals surface area contributed by atoms with E-state index in [4.69, 9.17) is 21.1 Å². The summed E-state index contributed by atoms with van der Waals surface area (Å²) in [7, 11) is -2.16. The summed E-state index contributed by atoms with van der Waals surface area (Å²) in [5.74, 6) is 0.532. The van der Waals surface area contributed by atoms with Crippen molar-refractivity contribution in [3.8, 4) is 11.5 Å². The number of nitrogens with zero attached hydrogens (tertiary/aromatic N) is 1. The standard InChI is InChI=1S/C24H23ClN2O5S/c1-31-20-8-6-19(7-9-20)26-24(28)16-32-23-11-10-21(14-22(23)25)33(29,30)27-13-12-17-4-2-3-5-18(17)15-27/h2-11,14H,12-13,15-16H2,1H3,(H,26,28). The Hall–Kier alpha value is -3.07. The highest BCUT2D eigenvalue weighted by Gasteiger charge is 2.28. The molecule has 0 aromatic heterocycles. The molecule has 0 saturated heterocycles. The molecular formula is C24H23ClN2O5S. The van der Waals surface area contributed by atoms with Crippen LogP contribution >= 0.6 is 11.6 Å². The minimum absolute atomic E-state index is 0.0851. The number of methoxy groups -OCH3 is 1. The van der Waals surface area contributed by atoms with Gasteiger partial charge in [0, 0.05) is 18.8 Å². The third-order valence-electron chi connectivity index (χ3n) is 5.37. The molecule has 1 aliphatic heterocycles. The van der Waals surface area contributed by atoms with Gasteiger partial charge in [0.1, 0.15) is 11.5 Å². The Labute approximate surface area is 197 Å². The molecule has 1 heterocycles. The normalized spacial score (nSPS) is 13.8. The monoisotopic (exact) mass is 486 g/mol. The Morgan fingerprint density at radius 2 is 1.79 bits per heavy atom. The van der Waals surface area contributed by atoms with Crippen molar-refractivity contribution < 1.29 is 22.7 Å². The summed E-state index contributed by atoms with van der Waals surface area (Å²) in [6.45, 7) is 0.446. The Balaban J connectivity index is 1.39. The van der Waals surface area contributed by atoms with Crippen molar-refractivity contribution >= 4 is 33.2 Å². The minimum Gasteiger partial charge on any atom is -0.497 e. The van der Waals surface area contributed by atoms with E-state index in [0.717, 1.165) is 5.56 Å². The van der Waals surface area contributed by atoms with Crippen LogP contribution in [0.3, 0.4) is 0 Å². The second-order valence-corrected chi connectivity index (χ2v) is 9.86. The van der Waals surface area contributed by atoms with E-state index in [1.807, 2.05) is 24.3 Å². The Bertz CT molecular complexity index is 1260. The molecule has 9 heteroatoms. The first-order valence-corrected chi connectivity index (χ1v) is 12.1. The third kappa shape index (κ3) is 5.30. The lowest BCUT2D eigenvalue weighted by atomic mass is 10.0. The molecule has 1 N–H and O–H groups in total. The molecule has 33 heavy (non-hydrogen) atoms. The van der Waals surface area contributed by atoms with Gasteiger partial charge in [0.25, 0.3) is 5.91 Å². The van der Waals surface area contributed by atoms with Gasteiger partial charge in [0.05, 0.1) is 17.0 Å². The van der Waals surface area contributed by atoms with Gasteiger partial charge >= 0.3 is 0 Å². The Morgan fingerprint density at radius 1 is 1.06 bits per heavy atom. The van der Waals surface area contributed by atoms with Gasteiger partial charge in [-0.05, 0) is 60.0 Å². The van der Waals surface area contributed by atoms with E-state index in [1.165, 1.54) is 28.1 Å². The summed E-state index contributed by atoms with van der Waals surface area (Å²) in [6, 6.07) is 19.0. The number of halogens is 1. The lowest BCUT2D eigenvalue weighted by Gasteiger charge is -2.28. The summed E-state index contributed by atoms with van der Waals surface area (Å²) in [6.07, 6.45) is 0.660. The fraction of sp³-hybridized carbons (Fsp3) is 0.208. The molecule has 4 rings (SSSR count). The average Bonchev–Trinajstić information content (AvgIpc) is 2.83. The molecule has 0 unspecified atom stereocenters. The first kappa shape index (κ1) is 23.1. The number of carbonyl (C=O) groups is 1. The van der Waals surface area contributed by atoms with E-state index in [9.17, 15) is 13.2 Å². The third-order valence-corrected chi connectivity index (χ3v) is 7.51. The molecule has 1 aliphatic rings. The highest BCUT2D eigenvalue weighted by Crippen LogP contribution is 2.31. The number of rotatable bonds is 7. The van der Waals surface area contributed by atoms with Crippen LogP contribution in [0.2, 0.25) is 5.02 Å². The molecule has 1 amide bonds. The van der Waals surface area contributed by atoms with Gasteiger partial charge in [-0.2, -0.15) is 4.31 Å². The summed E-state index contributed by atoms with van der Waals surface area (Å²) >= 11 is 6.28. The van der Waals surface area contributed by atoms with Crippen LogP contribution in [0.4, 0.5) is 5.69 Å². The number of sulfonamides is 1. The molecule has 0 saturated carbocycles. The lowest BCUT2D eigenvalue weighted by Crippen LogP contribution is -2.35. The fourth-order valence-corrected chi connectivity index (χ4v) is 5.34. The van der Waals surface area contributed by atoms with Crippen LogP contribution in [0.25, 0.3) is 0 Å². The largest absolute Gasteiger partial charge is 0.497 e. The molecule has 7 nitrogen and oxygen atoms in total. The van der Waals surface area contributed by atoms with Crippen LogP contribution < -0.4 is 14.8 Å². The van der Waals surface area contributed by atoms with E-state index < -0.39 is 10.0 Å². The van der Waals surface area contributed by atoms with E-state index in [-0.39, 0.29) is 28.2 Å². The molecule has 0 spiro atoms. The van der Waals surface area contributed by atoms with E-state index in [1.54, 1.807) is 31.4 Å². The van der Waals surface area contributed by atoms with Crippen LogP contribution in [0, 0.1) is 0 Å². The van der Waals surface area contributed by atoms with Crippen LogP contribution in [0.15, 0.2) is 71.6 Å². The minimum atomic E-state index is -3.72. The predicted molar refractivity (Wildman–Crippen MR) is 126 cm³/mol. The second kappa shape index (κ2) is 9.82. The first-order chi connectivity index (χ1) is 15.9. The fourth-order valence-electron chi connectivity index (χ4n) is 3.60. The van der Waals surface area contributed by atoms with E-state index >= 15 is 0 Å². The predicted octanol–water partition coefficient (Wildman–Crippen LogP) is 4.11. The number of nitrogens with one attached hydrogen (secondary N) is 1. The quantitative estimate of drug-likeness (QED) is 0.543. The number of hydrogen-bond acceptors (Lipinski definition) is 5. The van der Waals surface area contributed by atoms with Gasteiger partial charge in [0.15, 0.2) is 6.61 Å². The number of amides is 1. The van der Waals surface area contributed by atoms with Gasteiger partial charge in [-0.3, -0.25) is 4.79 Å². The smallest absolute Gasteiger partial charge is 0.262 e. The van der Waals surface area contributed by atoms with Gasteiger partial charge in [0.2, 0.25) is 10.0 Å². The molecule has 0 atom stereocenters. The van der Waals surface area contributed by atoms with Crippen molar-refractivity contribution in [2.45, 2.75) is 17.9 Å². The zero-order chi connectivity index (χ0) is 23.4. The van der Waals surface area contributed by atoms with E-state index in [0.29, 0.717) is 30.9 Å². The highest BCUT2D eigenvalue weighted by atomic mass is 35.5. The topological polar surface area (TPSA) is 84.9 Å². The van der Waals surface area contributed by atoms with Crippen molar-refractivity contribution in [2.24, 2.45) is 0 Å². The summed E-state index contributed by atoms with van der Waals surface area (Å²) in [4.78, 5) is 12.3. The first-order valence-electron chi connectivity index (χ1n) is 10.3. The van der Waals surface area contributed by atoms with Gasteiger partial charge in [-0.25, -0.2) is 8.42 Å². The second-order valence-electron chi connectivity index (χ2n) is 7.51. The van der Waals surface area contributed by atoms with Crippen LogP contribution in [0.5, 0.6) is 11.5 Å². The SMILES string of the molecule is COc1ccc(NC(=O)COc2ccc(S(=O)(=O)N3CCc4ccccc4C3)cc2Cl)cc1. The molecule has 0 aliphatic carbocycles. The van der Waals surface area contributed by atoms with Crippen LogP contribution in [-0.4, -0.2) is 38.9 Å². The van der Waals surface area contributed by atoms with Gasteiger partial charge in [-0.15, -0.1) is 0 Å². The average molecular weight is 487 g/mol. The van der Waals surface area contributed by atoms with Crippen LogP contribution in [-0.2, 0) is 27.8 Å². The van der Waals surface area contributed by atoms with Crippen LogP contribution in [0.1, 0.15) is 11.1 Å². The highest BCUT2D eigenvalue weighted by molar-refractivity contribution is 7.89. The number of fused-ring (bicyclic) bond motifs is 1. The summed E-state index contributed by atoms with van der Waals surface area (Å²) in [5, 5.41) is 2.82. The van der Waals surface area contributed by atoms with Crippen molar-refractivity contribution in [1.82, 2.24) is 4.31 Å². The Kier molecular flexibility index (Phi) is 6.88. The maximum atomic E-state index is 13.1. The molecule has 0 bridgehead atoms. The zero-order valence-corrected chi connectivity index (χ0v) is 19.5. The molecule has 3 aromatic carbocycles. The zero-order valence-electron chi connectivity index (χ0n) is 18.0. The van der Waals surface area contributed by atoms with Crippen molar-refractivity contribution in [1.29, 1.82) is 0 Å².